The third-order valence-electron chi connectivity index (χ3n) is 2.50. The van der Waals surface area contributed by atoms with E-state index < -0.39 is 0 Å². The molecule has 0 atom stereocenters. The van der Waals surface area contributed by atoms with Crippen LogP contribution in [0, 0.1) is 13.8 Å². The fourth-order valence-electron chi connectivity index (χ4n) is 1.50. The van der Waals surface area contributed by atoms with Crippen molar-refractivity contribution in [2.45, 2.75) is 20.3 Å². The average Bonchev–Trinajstić information content (AvgIpc) is 2.25. The summed E-state index contributed by atoms with van der Waals surface area (Å²) in [6.45, 7) is 4.26. The zero-order chi connectivity index (χ0) is 13.0. The Morgan fingerprint density at radius 1 is 1.47 bits per heavy atom. The molecule has 0 saturated carbocycles. The van der Waals surface area contributed by atoms with Crippen molar-refractivity contribution < 1.29 is 4.79 Å². The average molecular weight is 251 g/mol. The summed E-state index contributed by atoms with van der Waals surface area (Å²) in [4.78, 5) is 18.4. The maximum Gasteiger partial charge on any atom is 0.255 e. The number of thiocarbonyl (C=S) groups is 1. The molecule has 0 spiro atoms. The fourth-order valence-corrected chi connectivity index (χ4v) is 1.59. The minimum absolute atomic E-state index is 0.0498. The Hall–Kier alpha value is -1.49. The molecule has 0 aromatic carbocycles. The number of carbonyl (C=O) groups is 1. The molecule has 2 N–H and O–H groups in total. The molecule has 92 valence electrons. The zero-order valence-corrected chi connectivity index (χ0v) is 11.2. The molecule has 0 aliphatic rings. The Morgan fingerprint density at radius 3 is 2.65 bits per heavy atom. The van der Waals surface area contributed by atoms with Crippen LogP contribution < -0.4 is 5.73 Å². The fraction of sp³-hybridized carbons (Fsp3) is 0.417. The van der Waals surface area contributed by atoms with Crippen LogP contribution >= 0.6 is 12.2 Å². The van der Waals surface area contributed by atoms with Gasteiger partial charge >= 0.3 is 0 Å². The molecule has 17 heavy (non-hydrogen) atoms. The molecule has 0 aliphatic carbocycles. The van der Waals surface area contributed by atoms with Gasteiger partial charge < -0.3 is 10.6 Å². The number of pyridine rings is 1. The van der Waals surface area contributed by atoms with E-state index in [0.717, 1.165) is 11.4 Å². The lowest BCUT2D eigenvalue weighted by molar-refractivity contribution is 0.0797. The molecule has 1 aromatic heterocycles. The second-order valence-electron chi connectivity index (χ2n) is 4.03. The number of amides is 1. The first-order chi connectivity index (χ1) is 7.91. The summed E-state index contributed by atoms with van der Waals surface area (Å²) in [5.41, 5.74) is 7.69. The van der Waals surface area contributed by atoms with Gasteiger partial charge in [-0.2, -0.15) is 0 Å². The topological polar surface area (TPSA) is 59.2 Å². The number of aryl methyl sites for hydroxylation is 2. The van der Waals surface area contributed by atoms with Crippen LogP contribution in [0.4, 0.5) is 0 Å². The Labute approximate surface area is 107 Å². The molecule has 5 heteroatoms. The largest absolute Gasteiger partial charge is 0.393 e. The van der Waals surface area contributed by atoms with E-state index in [9.17, 15) is 4.79 Å². The Morgan fingerprint density at radius 2 is 2.12 bits per heavy atom. The van der Waals surface area contributed by atoms with Crippen molar-refractivity contribution in [2.24, 2.45) is 5.73 Å². The highest BCUT2D eigenvalue weighted by atomic mass is 32.1. The molecule has 0 saturated heterocycles. The van der Waals surface area contributed by atoms with Gasteiger partial charge in [-0.05, 0) is 26.0 Å². The van der Waals surface area contributed by atoms with Crippen LogP contribution in [0.5, 0.6) is 0 Å². The van der Waals surface area contributed by atoms with Crippen molar-refractivity contribution in [1.29, 1.82) is 0 Å². The van der Waals surface area contributed by atoms with Gasteiger partial charge in [-0.3, -0.25) is 9.78 Å². The van der Waals surface area contributed by atoms with Gasteiger partial charge in [0.2, 0.25) is 0 Å². The second kappa shape index (κ2) is 5.72. The highest BCUT2D eigenvalue weighted by molar-refractivity contribution is 7.80. The zero-order valence-electron chi connectivity index (χ0n) is 10.4. The minimum atomic E-state index is -0.0498. The SMILES string of the molecule is Cc1ccc(C(=O)N(C)CCC(N)=S)c(C)n1. The highest BCUT2D eigenvalue weighted by Gasteiger charge is 2.14. The van der Waals surface area contributed by atoms with Crippen molar-refractivity contribution in [2.75, 3.05) is 13.6 Å². The summed E-state index contributed by atoms with van der Waals surface area (Å²) >= 11 is 4.79. The predicted molar refractivity (Wildman–Crippen MR) is 72.1 cm³/mol. The molecule has 0 bridgehead atoms. The number of rotatable bonds is 4. The first-order valence-electron chi connectivity index (χ1n) is 5.40. The summed E-state index contributed by atoms with van der Waals surface area (Å²) in [7, 11) is 1.74. The molecule has 0 radical (unpaired) electrons. The maximum absolute atomic E-state index is 12.1. The van der Waals surface area contributed by atoms with Crippen LogP contribution in [-0.4, -0.2) is 34.4 Å². The van der Waals surface area contributed by atoms with Crippen LogP contribution in [0.1, 0.15) is 28.2 Å². The van der Waals surface area contributed by atoms with E-state index in [-0.39, 0.29) is 5.91 Å². The van der Waals surface area contributed by atoms with Crippen LogP contribution in [0.15, 0.2) is 12.1 Å². The Balaban J connectivity index is 2.78. The van der Waals surface area contributed by atoms with Gasteiger partial charge in [-0.15, -0.1) is 0 Å². The molecule has 0 unspecified atom stereocenters. The Kier molecular flexibility index (Phi) is 4.57. The molecule has 1 rings (SSSR count). The lowest BCUT2D eigenvalue weighted by Gasteiger charge is -2.17. The second-order valence-corrected chi connectivity index (χ2v) is 4.55. The number of nitrogens with two attached hydrogens (primary N) is 1. The molecular weight excluding hydrogens is 234 g/mol. The van der Waals surface area contributed by atoms with Crippen LogP contribution in [0.25, 0.3) is 0 Å². The summed E-state index contributed by atoms with van der Waals surface area (Å²) < 4.78 is 0. The number of carbonyl (C=O) groups excluding carboxylic acids is 1. The third-order valence-corrected chi connectivity index (χ3v) is 2.70. The lowest BCUT2D eigenvalue weighted by atomic mass is 10.1. The quantitative estimate of drug-likeness (QED) is 0.823. The molecule has 0 aliphatic heterocycles. The molecular formula is C12H17N3OS. The summed E-state index contributed by atoms with van der Waals surface area (Å²) in [5, 5.41) is 0. The molecule has 0 fully saturated rings. The minimum Gasteiger partial charge on any atom is -0.393 e. The van der Waals surface area contributed by atoms with Gasteiger partial charge in [0, 0.05) is 25.7 Å². The Bertz CT molecular complexity index is 445. The van der Waals surface area contributed by atoms with Crippen LogP contribution in [-0.2, 0) is 0 Å². The summed E-state index contributed by atoms with van der Waals surface area (Å²) in [5.74, 6) is -0.0498. The maximum atomic E-state index is 12.1. The number of hydrogen-bond acceptors (Lipinski definition) is 3. The summed E-state index contributed by atoms with van der Waals surface area (Å²) in [6, 6.07) is 3.64. The van der Waals surface area contributed by atoms with E-state index in [1.807, 2.05) is 19.9 Å². The van der Waals surface area contributed by atoms with Crippen molar-refractivity contribution in [3.8, 4) is 0 Å². The van der Waals surface area contributed by atoms with Gasteiger partial charge in [0.05, 0.1) is 16.2 Å². The molecule has 4 nitrogen and oxygen atoms in total. The first kappa shape index (κ1) is 13.6. The smallest absolute Gasteiger partial charge is 0.255 e. The van der Waals surface area contributed by atoms with Crippen molar-refractivity contribution in [3.63, 3.8) is 0 Å². The van der Waals surface area contributed by atoms with E-state index in [0.29, 0.717) is 23.5 Å². The summed E-state index contributed by atoms with van der Waals surface area (Å²) in [6.07, 6.45) is 0.538. The predicted octanol–water partition coefficient (Wildman–Crippen LogP) is 1.45. The normalized spacial score (nSPS) is 10.1. The van der Waals surface area contributed by atoms with Gasteiger partial charge in [0.1, 0.15) is 0 Å². The van der Waals surface area contributed by atoms with Crippen LogP contribution in [0.2, 0.25) is 0 Å². The van der Waals surface area contributed by atoms with Crippen molar-refractivity contribution in [1.82, 2.24) is 9.88 Å². The van der Waals surface area contributed by atoms with E-state index in [2.05, 4.69) is 4.98 Å². The van der Waals surface area contributed by atoms with Gasteiger partial charge in [-0.25, -0.2) is 0 Å². The number of nitrogens with zero attached hydrogens (tertiary/aromatic N) is 2. The lowest BCUT2D eigenvalue weighted by Crippen LogP contribution is -2.30. The molecule has 1 heterocycles. The van der Waals surface area contributed by atoms with E-state index in [1.165, 1.54) is 0 Å². The monoisotopic (exact) mass is 251 g/mol. The third kappa shape index (κ3) is 3.78. The standard InChI is InChI=1S/C12H17N3OS/c1-8-4-5-10(9(2)14-8)12(16)15(3)7-6-11(13)17/h4-5H,6-7H2,1-3H3,(H2,13,17). The van der Waals surface area contributed by atoms with Gasteiger partial charge in [0.15, 0.2) is 0 Å². The number of hydrogen-bond donors (Lipinski definition) is 1. The van der Waals surface area contributed by atoms with Crippen LogP contribution in [0.3, 0.4) is 0 Å². The van der Waals surface area contributed by atoms with E-state index >= 15 is 0 Å². The highest BCUT2D eigenvalue weighted by Crippen LogP contribution is 2.09. The molecule has 1 amide bonds. The first-order valence-corrected chi connectivity index (χ1v) is 5.80. The number of aromatic nitrogens is 1. The van der Waals surface area contributed by atoms with Gasteiger partial charge in [-0.1, -0.05) is 12.2 Å². The van der Waals surface area contributed by atoms with E-state index in [1.54, 1.807) is 18.0 Å². The van der Waals surface area contributed by atoms with Gasteiger partial charge in [0.25, 0.3) is 5.91 Å². The van der Waals surface area contributed by atoms with Crippen molar-refractivity contribution in [3.05, 3.63) is 29.1 Å². The van der Waals surface area contributed by atoms with Crippen molar-refractivity contribution >= 4 is 23.1 Å². The molecule has 1 aromatic rings. The van der Waals surface area contributed by atoms with E-state index in [4.69, 9.17) is 18.0 Å².